The molecule has 0 bridgehead atoms. The summed E-state index contributed by atoms with van der Waals surface area (Å²) >= 11 is 11.9. The number of fused-ring (bicyclic) bond motifs is 1. The molecule has 1 aliphatic rings. The van der Waals surface area contributed by atoms with Crippen molar-refractivity contribution in [3.8, 4) is 0 Å². The van der Waals surface area contributed by atoms with Gasteiger partial charge in [0.2, 0.25) is 11.9 Å². The molecule has 2 amide bonds. The van der Waals surface area contributed by atoms with Crippen molar-refractivity contribution >= 4 is 46.7 Å². The summed E-state index contributed by atoms with van der Waals surface area (Å²) in [4.78, 5) is 27.7. The molecular weight excluding hydrogens is 317 g/mol. The van der Waals surface area contributed by atoms with Crippen LogP contribution in [-0.4, -0.2) is 26.6 Å². The van der Waals surface area contributed by atoms with E-state index < -0.39 is 6.04 Å². The Bertz CT molecular complexity index is 730. The topological polar surface area (TPSA) is 88.9 Å². The van der Waals surface area contributed by atoms with Crippen LogP contribution in [-0.2, 0) is 9.59 Å². The van der Waals surface area contributed by atoms with E-state index in [-0.39, 0.29) is 23.3 Å². The number of benzene rings is 1. The maximum absolute atomic E-state index is 12.1. The second-order valence-corrected chi connectivity index (χ2v) is 5.17. The minimum absolute atomic E-state index is 0.0783. The van der Waals surface area contributed by atoms with Crippen LogP contribution in [0, 0.1) is 0 Å². The largest absolute Gasteiger partial charge is 0.325 e. The Kier molecular flexibility index (Phi) is 3.52. The van der Waals surface area contributed by atoms with Crippen molar-refractivity contribution in [1.82, 2.24) is 14.8 Å². The van der Waals surface area contributed by atoms with Gasteiger partial charge in [-0.2, -0.15) is 10.1 Å². The van der Waals surface area contributed by atoms with Gasteiger partial charge < -0.3 is 5.32 Å². The third-order valence-electron chi connectivity index (χ3n) is 3.01. The van der Waals surface area contributed by atoms with Crippen molar-refractivity contribution in [1.29, 1.82) is 0 Å². The highest BCUT2D eigenvalue weighted by molar-refractivity contribution is 6.44. The zero-order chi connectivity index (χ0) is 15.0. The second-order valence-electron chi connectivity index (χ2n) is 4.39. The quantitative estimate of drug-likeness (QED) is 0.904. The van der Waals surface area contributed by atoms with Crippen molar-refractivity contribution in [3.63, 3.8) is 0 Å². The number of aromatic nitrogens is 3. The molecule has 1 aromatic carbocycles. The number of nitrogens with zero attached hydrogens (tertiary/aromatic N) is 3. The van der Waals surface area contributed by atoms with E-state index in [1.54, 1.807) is 18.2 Å². The molecule has 1 atom stereocenters. The summed E-state index contributed by atoms with van der Waals surface area (Å²) in [5, 5.41) is 9.67. The third kappa shape index (κ3) is 2.57. The van der Waals surface area contributed by atoms with Crippen LogP contribution in [0.2, 0.25) is 10.0 Å². The molecule has 0 saturated heterocycles. The predicted octanol–water partition coefficient (Wildman–Crippen LogP) is 2.11. The molecular formula is C12H9Cl2N5O2. The fourth-order valence-electron chi connectivity index (χ4n) is 2.03. The summed E-state index contributed by atoms with van der Waals surface area (Å²) < 4.78 is 1.38. The Morgan fingerprint density at radius 3 is 3.05 bits per heavy atom. The van der Waals surface area contributed by atoms with Crippen LogP contribution in [0.1, 0.15) is 12.5 Å². The van der Waals surface area contributed by atoms with E-state index in [2.05, 4.69) is 20.7 Å². The molecule has 1 aromatic heterocycles. The van der Waals surface area contributed by atoms with Crippen LogP contribution in [0.4, 0.5) is 11.6 Å². The van der Waals surface area contributed by atoms with E-state index in [0.717, 1.165) is 0 Å². The zero-order valence-corrected chi connectivity index (χ0v) is 12.0. The van der Waals surface area contributed by atoms with Gasteiger partial charge in [0.05, 0.1) is 22.2 Å². The molecule has 0 unspecified atom stereocenters. The van der Waals surface area contributed by atoms with E-state index in [1.165, 1.54) is 11.0 Å². The van der Waals surface area contributed by atoms with E-state index in [1.807, 2.05) is 0 Å². The first-order valence-electron chi connectivity index (χ1n) is 6.00. The zero-order valence-electron chi connectivity index (χ0n) is 10.5. The number of rotatable bonds is 3. The van der Waals surface area contributed by atoms with Crippen molar-refractivity contribution in [2.75, 3.05) is 10.6 Å². The van der Waals surface area contributed by atoms with Crippen LogP contribution in [0.25, 0.3) is 0 Å². The lowest BCUT2D eigenvalue weighted by atomic mass is 10.2. The van der Waals surface area contributed by atoms with Crippen molar-refractivity contribution in [3.05, 3.63) is 34.6 Å². The monoisotopic (exact) mass is 325 g/mol. The van der Waals surface area contributed by atoms with Crippen LogP contribution < -0.4 is 10.6 Å². The molecule has 2 N–H and O–H groups in total. The first-order valence-corrected chi connectivity index (χ1v) is 6.76. The summed E-state index contributed by atoms with van der Waals surface area (Å²) in [5.74, 6) is -0.362. The van der Waals surface area contributed by atoms with Gasteiger partial charge in [-0.3, -0.25) is 14.9 Å². The van der Waals surface area contributed by atoms with Crippen molar-refractivity contribution < 1.29 is 9.59 Å². The lowest BCUT2D eigenvalue weighted by Crippen LogP contribution is -2.23. The number of hydrogen-bond acceptors (Lipinski definition) is 4. The molecule has 0 fully saturated rings. The third-order valence-corrected chi connectivity index (χ3v) is 3.83. The molecule has 3 rings (SSSR count). The van der Waals surface area contributed by atoms with Crippen LogP contribution >= 0.6 is 23.2 Å². The lowest BCUT2D eigenvalue weighted by Gasteiger charge is -2.11. The first kappa shape index (κ1) is 13.8. The SMILES string of the molecule is O=C(C[C@@H]1C(=O)Nc2ncnn21)Nc1cccc(Cl)c1Cl. The maximum atomic E-state index is 12.1. The summed E-state index contributed by atoms with van der Waals surface area (Å²) in [5.41, 5.74) is 0.395. The molecule has 2 aromatic rings. The summed E-state index contributed by atoms with van der Waals surface area (Å²) in [6.45, 7) is 0. The molecule has 7 nitrogen and oxygen atoms in total. The first-order chi connectivity index (χ1) is 10.1. The highest BCUT2D eigenvalue weighted by Gasteiger charge is 2.33. The average molecular weight is 326 g/mol. The number of carbonyl (C=O) groups is 2. The molecule has 9 heteroatoms. The van der Waals surface area contributed by atoms with Gasteiger partial charge in [-0.25, -0.2) is 4.68 Å². The maximum Gasteiger partial charge on any atom is 0.252 e. The van der Waals surface area contributed by atoms with E-state index in [9.17, 15) is 9.59 Å². The molecule has 21 heavy (non-hydrogen) atoms. The molecule has 0 radical (unpaired) electrons. The van der Waals surface area contributed by atoms with Gasteiger partial charge in [0.1, 0.15) is 12.4 Å². The van der Waals surface area contributed by atoms with Crippen molar-refractivity contribution in [2.45, 2.75) is 12.5 Å². The number of amides is 2. The lowest BCUT2D eigenvalue weighted by molar-refractivity contribution is -0.123. The number of halogens is 2. The average Bonchev–Trinajstić information content (AvgIpc) is 2.99. The minimum atomic E-state index is -0.722. The Morgan fingerprint density at radius 1 is 1.43 bits per heavy atom. The summed E-state index contributed by atoms with van der Waals surface area (Å²) in [6.07, 6.45) is 1.23. The molecule has 0 spiro atoms. The molecule has 2 heterocycles. The fraction of sp³-hybridized carbons (Fsp3) is 0.167. The number of anilines is 2. The number of nitrogens with one attached hydrogen (secondary N) is 2. The minimum Gasteiger partial charge on any atom is -0.325 e. The Labute approximate surface area is 129 Å². The normalized spacial score (nSPS) is 16.5. The van der Waals surface area contributed by atoms with E-state index in [0.29, 0.717) is 16.7 Å². The Morgan fingerprint density at radius 2 is 2.24 bits per heavy atom. The van der Waals surface area contributed by atoms with Gasteiger partial charge in [-0.1, -0.05) is 29.3 Å². The van der Waals surface area contributed by atoms with Gasteiger partial charge in [0.25, 0.3) is 5.91 Å². The predicted molar refractivity (Wildman–Crippen MR) is 77.4 cm³/mol. The van der Waals surface area contributed by atoms with Crippen LogP contribution in [0.3, 0.4) is 0 Å². The van der Waals surface area contributed by atoms with Gasteiger partial charge in [-0.05, 0) is 12.1 Å². The van der Waals surface area contributed by atoms with E-state index >= 15 is 0 Å². The molecule has 1 aliphatic heterocycles. The molecule has 0 aliphatic carbocycles. The van der Waals surface area contributed by atoms with Gasteiger partial charge in [-0.15, -0.1) is 0 Å². The smallest absolute Gasteiger partial charge is 0.252 e. The van der Waals surface area contributed by atoms with Crippen molar-refractivity contribution in [2.24, 2.45) is 0 Å². The van der Waals surface area contributed by atoms with E-state index in [4.69, 9.17) is 23.2 Å². The summed E-state index contributed by atoms with van der Waals surface area (Å²) in [7, 11) is 0. The standard InChI is InChI=1S/C12H9Cl2N5O2/c13-6-2-1-3-7(10(6)14)17-9(20)4-8-11(21)18-12-15-5-16-19(8)12/h1-3,5,8H,4H2,(H,17,20)(H,15,16,18,21)/t8-/m1/s1. The number of hydrogen-bond donors (Lipinski definition) is 2. The Balaban J connectivity index is 1.73. The highest BCUT2D eigenvalue weighted by Crippen LogP contribution is 2.30. The molecule has 108 valence electrons. The molecule has 0 saturated carbocycles. The summed E-state index contributed by atoms with van der Waals surface area (Å²) in [6, 6.07) is 4.19. The van der Waals surface area contributed by atoms with Gasteiger partial charge >= 0.3 is 0 Å². The fourth-order valence-corrected chi connectivity index (χ4v) is 2.38. The second kappa shape index (κ2) is 5.34. The van der Waals surface area contributed by atoms with Crippen LogP contribution in [0.15, 0.2) is 24.5 Å². The highest BCUT2D eigenvalue weighted by atomic mass is 35.5. The Hall–Kier alpha value is -2.12. The van der Waals surface area contributed by atoms with Gasteiger partial charge in [0.15, 0.2) is 0 Å². The van der Waals surface area contributed by atoms with Gasteiger partial charge in [0, 0.05) is 0 Å². The number of carbonyl (C=O) groups excluding carboxylic acids is 2. The van der Waals surface area contributed by atoms with Crippen LogP contribution in [0.5, 0.6) is 0 Å².